The molecule has 1 aromatic heterocycles. The molecule has 2 rings (SSSR count). The van der Waals surface area contributed by atoms with Crippen molar-refractivity contribution in [2.24, 2.45) is 0 Å². The van der Waals surface area contributed by atoms with E-state index in [9.17, 15) is 4.79 Å². The molecular formula is C13H12O2S2. The van der Waals surface area contributed by atoms with Crippen LogP contribution in [0.25, 0.3) is 0 Å². The standard InChI is InChI=1S/C13H12O2S2/c1-9-2-4-10(5-3-9)7-16-11-6-12(13(14)15)17-8-11/h2-6,8H,7H2,1H3,(H,14,15). The van der Waals surface area contributed by atoms with Crippen LogP contribution in [-0.4, -0.2) is 11.1 Å². The zero-order valence-electron chi connectivity index (χ0n) is 9.34. The first-order valence-electron chi connectivity index (χ1n) is 5.15. The lowest BCUT2D eigenvalue weighted by molar-refractivity contribution is 0.0702. The molecule has 17 heavy (non-hydrogen) atoms. The molecule has 4 heteroatoms. The van der Waals surface area contributed by atoms with Gasteiger partial charge >= 0.3 is 5.97 Å². The van der Waals surface area contributed by atoms with Crippen LogP contribution in [0.4, 0.5) is 0 Å². The van der Waals surface area contributed by atoms with E-state index in [1.807, 2.05) is 5.38 Å². The number of aromatic carboxylic acids is 1. The van der Waals surface area contributed by atoms with Crippen molar-refractivity contribution < 1.29 is 9.90 Å². The maximum Gasteiger partial charge on any atom is 0.345 e. The largest absolute Gasteiger partial charge is 0.477 e. The van der Waals surface area contributed by atoms with E-state index in [-0.39, 0.29) is 0 Å². The second-order valence-electron chi connectivity index (χ2n) is 3.73. The smallest absolute Gasteiger partial charge is 0.345 e. The van der Waals surface area contributed by atoms with E-state index in [1.54, 1.807) is 17.8 Å². The maximum atomic E-state index is 10.7. The highest BCUT2D eigenvalue weighted by molar-refractivity contribution is 7.98. The van der Waals surface area contributed by atoms with Crippen LogP contribution in [0.5, 0.6) is 0 Å². The second-order valence-corrected chi connectivity index (χ2v) is 5.69. The van der Waals surface area contributed by atoms with Crippen LogP contribution < -0.4 is 0 Å². The molecule has 1 aromatic carbocycles. The summed E-state index contributed by atoms with van der Waals surface area (Å²) in [6, 6.07) is 10.1. The third-order valence-electron chi connectivity index (χ3n) is 2.31. The summed E-state index contributed by atoms with van der Waals surface area (Å²) in [5.74, 6) is 0.0213. The summed E-state index contributed by atoms with van der Waals surface area (Å²) in [5, 5.41) is 10.7. The highest BCUT2D eigenvalue weighted by Gasteiger charge is 2.06. The van der Waals surface area contributed by atoms with E-state index in [2.05, 4.69) is 31.2 Å². The number of carboxylic acid groups (broad SMARTS) is 1. The van der Waals surface area contributed by atoms with Crippen molar-refractivity contribution in [3.63, 3.8) is 0 Å². The Kier molecular flexibility index (Phi) is 3.86. The molecule has 0 aliphatic rings. The number of carboxylic acids is 1. The molecule has 0 radical (unpaired) electrons. The normalized spacial score (nSPS) is 10.4. The van der Waals surface area contributed by atoms with Gasteiger partial charge in [-0.2, -0.15) is 0 Å². The van der Waals surface area contributed by atoms with Crippen LogP contribution in [0.1, 0.15) is 20.8 Å². The van der Waals surface area contributed by atoms with Gasteiger partial charge in [0.2, 0.25) is 0 Å². The van der Waals surface area contributed by atoms with Crippen LogP contribution >= 0.6 is 23.1 Å². The zero-order chi connectivity index (χ0) is 12.3. The van der Waals surface area contributed by atoms with Crippen molar-refractivity contribution in [2.45, 2.75) is 17.6 Å². The molecule has 2 aromatic rings. The van der Waals surface area contributed by atoms with Gasteiger partial charge in [0.05, 0.1) is 0 Å². The molecule has 0 saturated carbocycles. The third kappa shape index (κ3) is 3.35. The number of thioether (sulfide) groups is 1. The molecule has 0 atom stereocenters. The molecule has 0 fully saturated rings. The third-order valence-corrected chi connectivity index (χ3v) is 4.43. The highest BCUT2D eigenvalue weighted by Crippen LogP contribution is 2.27. The highest BCUT2D eigenvalue weighted by atomic mass is 32.2. The summed E-state index contributed by atoms with van der Waals surface area (Å²) in [6.07, 6.45) is 0. The molecule has 0 spiro atoms. The lowest BCUT2D eigenvalue weighted by Gasteiger charge is -2.00. The number of carbonyl (C=O) groups is 1. The topological polar surface area (TPSA) is 37.3 Å². The fourth-order valence-electron chi connectivity index (χ4n) is 1.36. The van der Waals surface area contributed by atoms with Crippen LogP contribution in [-0.2, 0) is 5.75 Å². The Hall–Kier alpha value is -1.26. The Bertz CT molecular complexity index is 514. The maximum absolute atomic E-state index is 10.7. The van der Waals surface area contributed by atoms with Gasteiger partial charge in [0, 0.05) is 16.0 Å². The Balaban J connectivity index is 1.97. The average Bonchev–Trinajstić information content (AvgIpc) is 2.77. The number of thiophene rings is 1. The van der Waals surface area contributed by atoms with Gasteiger partial charge in [-0.1, -0.05) is 29.8 Å². The number of benzene rings is 1. The van der Waals surface area contributed by atoms with Gasteiger partial charge in [0.1, 0.15) is 4.88 Å². The molecule has 2 nitrogen and oxygen atoms in total. The molecule has 0 amide bonds. The molecular weight excluding hydrogens is 252 g/mol. The molecule has 0 aliphatic carbocycles. The van der Waals surface area contributed by atoms with E-state index in [1.165, 1.54) is 22.5 Å². The molecule has 0 unspecified atom stereocenters. The van der Waals surface area contributed by atoms with Gasteiger partial charge in [-0.25, -0.2) is 4.79 Å². The molecule has 0 aliphatic heterocycles. The number of rotatable bonds is 4. The number of hydrogen-bond donors (Lipinski definition) is 1. The summed E-state index contributed by atoms with van der Waals surface area (Å²) in [7, 11) is 0. The number of hydrogen-bond acceptors (Lipinski definition) is 3. The molecule has 0 bridgehead atoms. The summed E-state index contributed by atoms with van der Waals surface area (Å²) in [5.41, 5.74) is 2.51. The van der Waals surface area contributed by atoms with Crippen LogP contribution in [0, 0.1) is 6.92 Å². The number of aryl methyl sites for hydroxylation is 1. The van der Waals surface area contributed by atoms with Crippen molar-refractivity contribution in [1.82, 2.24) is 0 Å². The van der Waals surface area contributed by atoms with Gasteiger partial charge in [0.25, 0.3) is 0 Å². The van der Waals surface area contributed by atoms with Gasteiger partial charge in [-0.15, -0.1) is 23.1 Å². The monoisotopic (exact) mass is 264 g/mol. The minimum Gasteiger partial charge on any atom is -0.477 e. The van der Waals surface area contributed by atoms with E-state index < -0.39 is 5.97 Å². The summed E-state index contributed by atoms with van der Waals surface area (Å²) in [6.45, 7) is 2.06. The van der Waals surface area contributed by atoms with Crippen molar-refractivity contribution in [3.05, 3.63) is 51.7 Å². The first-order chi connectivity index (χ1) is 8.15. The fourth-order valence-corrected chi connectivity index (χ4v) is 3.18. The molecule has 88 valence electrons. The predicted molar refractivity (Wildman–Crippen MR) is 72.0 cm³/mol. The van der Waals surface area contributed by atoms with Crippen molar-refractivity contribution in [2.75, 3.05) is 0 Å². The van der Waals surface area contributed by atoms with Gasteiger partial charge in [-0.05, 0) is 18.6 Å². The molecule has 1 N–H and O–H groups in total. The van der Waals surface area contributed by atoms with Gasteiger partial charge in [0.15, 0.2) is 0 Å². The fraction of sp³-hybridized carbons (Fsp3) is 0.154. The SMILES string of the molecule is Cc1ccc(CSc2csc(C(=O)O)c2)cc1. The second kappa shape index (κ2) is 5.38. The van der Waals surface area contributed by atoms with E-state index in [0.29, 0.717) is 4.88 Å². The lowest BCUT2D eigenvalue weighted by Crippen LogP contribution is -1.89. The average molecular weight is 264 g/mol. The van der Waals surface area contributed by atoms with Gasteiger partial charge in [-0.3, -0.25) is 0 Å². The Morgan fingerprint density at radius 2 is 2.06 bits per heavy atom. The van der Waals surface area contributed by atoms with Crippen LogP contribution in [0.3, 0.4) is 0 Å². The minimum absolute atomic E-state index is 0.399. The molecule has 1 heterocycles. The summed E-state index contributed by atoms with van der Waals surface area (Å²) < 4.78 is 0. The first-order valence-corrected chi connectivity index (χ1v) is 7.02. The quantitative estimate of drug-likeness (QED) is 0.847. The Labute approximate surface area is 108 Å². The Morgan fingerprint density at radius 1 is 1.35 bits per heavy atom. The summed E-state index contributed by atoms with van der Waals surface area (Å²) >= 11 is 2.94. The van der Waals surface area contributed by atoms with E-state index in [0.717, 1.165) is 10.6 Å². The Morgan fingerprint density at radius 3 is 2.65 bits per heavy atom. The van der Waals surface area contributed by atoms with Crippen LogP contribution in [0.15, 0.2) is 40.6 Å². The predicted octanol–water partition coefficient (Wildman–Crippen LogP) is 4.05. The van der Waals surface area contributed by atoms with E-state index in [4.69, 9.17) is 5.11 Å². The van der Waals surface area contributed by atoms with Crippen molar-refractivity contribution in [1.29, 1.82) is 0 Å². The molecule has 0 saturated heterocycles. The minimum atomic E-state index is -0.850. The van der Waals surface area contributed by atoms with Crippen LogP contribution in [0.2, 0.25) is 0 Å². The van der Waals surface area contributed by atoms with Gasteiger partial charge < -0.3 is 5.11 Å². The summed E-state index contributed by atoms with van der Waals surface area (Å²) in [4.78, 5) is 12.1. The van der Waals surface area contributed by atoms with E-state index >= 15 is 0 Å². The van der Waals surface area contributed by atoms with Crippen molar-refractivity contribution >= 4 is 29.1 Å². The lowest BCUT2D eigenvalue weighted by atomic mass is 10.2. The zero-order valence-corrected chi connectivity index (χ0v) is 11.0. The van der Waals surface area contributed by atoms with Crippen molar-refractivity contribution in [3.8, 4) is 0 Å². The first kappa shape index (κ1) is 12.2.